The highest BCUT2D eigenvalue weighted by Gasteiger charge is 2.53. The molecular formula is C24H28N2O3. The van der Waals surface area contributed by atoms with Crippen molar-refractivity contribution in [3.63, 3.8) is 0 Å². The molecule has 4 rings (SSSR count). The zero-order valence-electron chi connectivity index (χ0n) is 17.3. The summed E-state index contributed by atoms with van der Waals surface area (Å²) >= 11 is 0. The van der Waals surface area contributed by atoms with E-state index >= 15 is 0 Å². The molecule has 2 aliphatic heterocycles. The van der Waals surface area contributed by atoms with Crippen LogP contribution in [0.25, 0.3) is 0 Å². The maximum Gasteiger partial charge on any atom is 0.339 e. The smallest absolute Gasteiger partial charge is 0.339 e. The number of hydrogen-bond acceptors (Lipinski definition) is 4. The summed E-state index contributed by atoms with van der Waals surface area (Å²) in [5.41, 5.74) is 2.01. The summed E-state index contributed by atoms with van der Waals surface area (Å²) in [7, 11) is 0. The Morgan fingerprint density at radius 2 is 1.76 bits per heavy atom. The van der Waals surface area contributed by atoms with Crippen molar-refractivity contribution >= 4 is 17.6 Å². The monoisotopic (exact) mass is 392 g/mol. The van der Waals surface area contributed by atoms with Crippen molar-refractivity contribution in [2.45, 2.75) is 51.2 Å². The molecule has 29 heavy (non-hydrogen) atoms. The summed E-state index contributed by atoms with van der Waals surface area (Å²) in [6, 6.07) is 15.6. The van der Waals surface area contributed by atoms with Gasteiger partial charge in [0.2, 0.25) is 5.91 Å². The quantitative estimate of drug-likeness (QED) is 0.807. The molecule has 0 aromatic heterocycles. The van der Waals surface area contributed by atoms with Crippen LogP contribution in [0, 0.1) is 0 Å². The summed E-state index contributed by atoms with van der Waals surface area (Å²) in [5, 5.41) is 3.35. The molecule has 2 aliphatic rings. The lowest BCUT2D eigenvalue weighted by atomic mass is 9.72. The van der Waals surface area contributed by atoms with E-state index in [-0.39, 0.29) is 11.9 Å². The molecule has 0 atom stereocenters. The fourth-order valence-corrected chi connectivity index (χ4v) is 4.49. The van der Waals surface area contributed by atoms with Crippen molar-refractivity contribution in [1.82, 2.24) is 5.32 Å². The second-order valence-corrected chi connectivity index (χ2v) is 8.91. The standard InChI is InChI=1S/C24H28N2O3/c1-23(2,3)29-21(27)18-10-7-11-19-20(18)24(12-14-25-15-13-24)22(28)26(19)16-17-8-5-4-6-9-17/h4-11,25H,12-16H2,1-3H3. The molecular weight excluding hydrogens is 364 g/mol. The number of anilines is 1. The minimum atomic E-state index is -0.664. The van der Waals surface area contributed by atoms with Gasteiger partial charge in [-0.2, -0.15) is 0 Å². The Kier molecular flexibility index (Phi) is 4.95. The van der Waals surface area contributed by atoms with Crippen LogP contribution in [0.4, 0.5) is 5.69 Å². The molecule has 5 nitrogen and oxygen atoms in total. The van der Waals surface area contributed by atoms with Gasteiger partial charge in [-0.05, 0) is 64.4 Å². The van der Waals surface area contributed by atoms with Gasteiger partial charge in [0.25, 0.3) is 0 Å². The lowest BCUT2D eigenvalue weighted by Crippen LogP contribution is -2.47. The normalized spacial score (nSPS) is 18.0. The summed E-state index contributed by atoms with van der Waals surface area (Å²) < 4.78 is 5.69. The van der Waals surface area contributed by atoms with Gasteiger partial charge in [-0.1, -0.05) is 36.4 Å². The number of ether oxygens (including phenoxy) is 1. The highest BCUT2D eigenvalue weighted by molar-refractivity contribution is 6.11. The number of rotatable bonds is 3. The molecule has 0 aliphatic carbocycles. The molecule has 1 saturated heterocycles. The van der Waals surface area contributed by atoms with Gasteiger partial charge in [0.05, 0.1) is 17.5 Å². The maximum atomic E-state index is 13.7. The lowest BCUT2D eigenvalue weighted by Gasteiger charge is -2.34. The predicted octanol–water partition coefficient (Wildman–Crippen LogP) is 3.81. The van der Waals surface area contributed by atoms with Gasteiger partial charge < -0.3 is 15.0 Å². The van der Waals surface area contributed by atoms with Gasteiger partial charge in [-0.25, -0.2) is 4.79 Å². The Balaban J connectivity index is 1.82. The lowest BCUT2D eigenvalue weighted by molar-refractivity contribution is -0.124. The Labute approximate surface area is 172 Å². The second-order valence-electron chi connectivity index (χ2n) is 8.91. The zero-order chi connectivity index (χ0) is 20.6. The minimum absolute atomic E-state index is 0.0915. The van der Waals surface area contributed by atoms with E-state index in [9.17, 15) is 9.59 Å². The van der Waals surface area contributed by atoms with E-state index in [1.54, 1.807) is 6.07 Å². The zero-order valence-corrected chi connectivity index (χ0v) is 17.3. The first-order valence-electron chi connectivity index (χ1n) is 10.3. The highest BCUT2D eigenvalue weighted by atomic mass is 16.6. The molecule has 0 radical (unpaired) electrons. The molecule has 5 heteroatoms. The molecule has 0 unspecified atom stereocenters. The fourth-order valence-electron chi connectivity index (χ4n) is 4.49. The molecule has 152 valence electrons. The van der Waals surface area contributed by atoms with Crippen LogP contribution in [0.15, 0.2) is 48.5 Å². The molecule has 1 fully saturated rings. The Bertz CT molecular complexity index is 925. The number of benzene rings is 2. The molecule has 2 heterocycles. The summed E-state index contributed by atoms with van der Waals surface area (Å²) in [6.07, 6.45) is 1.37. The fraction of sp³-hybridized carbons (Fsp3) is 0.417. The van der Waals surface area contributed by atoms with Crippen LogP contribution in [0.3, 0.4) is 0 Å². The molecule has 1 N–H and O–H groups in total. The molecule has 2 aromatic rings. The van der Waals surface area contributed by atoms with Crippen LogP contribution in [0.1, 0.15) is 55.1 Å². The van der Waals surface area contributed by atoms with E-state index in [1.807, 2.05) is 68.1 Å². The van der Waals surface area contributed by atoms with Crippen molar-refractivity contribution in [2.75, 3.05) is 18.0 Å². The number of amides is 1. The average Bonchev–Trinajstić information content (AvgIpc) is 2.91. The highest BCUT2D eigenvalue weighted by Crippen LogP contribution is 2.49. The molecule has 1 amide bonds. The van der Waals surface area contributed by atoms with Crippen LogP contribution in [-0.2, 0) is 21.5 Å². The largest absolute Gasteiger partial charge is 0.456 e. The van der Waals surface area contributed by atoms with Gasteiger partial charge in [-0.15, -0.1) is 0 Å². The number of nitrogens with one attached hydrogen (secondary N) is 1. The third-order valence-electron chi connectivity index (χ3n) is 5.73. The molecule has 1 spiro atoms. The van der Waals surface area contributed by atoms with E-state index in [4.69, 9.17) is 4.74 Å². The first kappa shape index (κ1) is 19.6. The minimum Gasteiger partial charge on any atom is -0.456 e. The van der Waals surface area contributed by atoms with Gasteiger partial charge >= 0.3 is 5.97 Å². The number of fused-ring (bicyclic) bond motifs is 2. The second kappa shape index (κ2) is 7.30. The van der Waals surface area contributed by atoms with Crippen molar-refractivity contribution < 1.29 is 14.3 Å². The molecule has 0 bridgehead atoms. The number of carbonyl (C=O) groups is 2. The van der Waals surface area contributed by atoms with Gasteiger partial charge in [0, 0.05) is 11.3 Å². The topological polar surface area (TPSA) is 58.6 Å². The van der Waals surface area contributed by atoms with Crippen LogP contribution in [0.2, 0.25) is 0 Å². The molecule has 0 saturated carbocycles. The van der Waals surface area contributed by atoms with Crippen molar-refractivity contribution in [2.24, 2.45) is 0 Å². The third kappa shape index (κ3) is 3.55. The van der Waals surface area contributed by atoms with Gasteiger partial charge in [0.1, 0.15) is 5.60 Å². The van der Waals surface area contributed by atoms with Gasteiger partial charge in [-0.3, -0.25) is 4.79 Å². The number of esters is 1. The van der Waals surface area contributed by atoms with E-state index in [0.29, 0.717) is 24.9 Å². The first-order chi connectivity index (χ1) is 13.8. The predicted molar refractivity (Wildman–Crippen MR) is 113 cm³/mol. The summed E-state index contributed by atoms with van der Waals surface area (Å²) in [4.78, 5) is 28.7. The van der Waals surface area contributed by atoms with Crippen molar-refractivity contribution in [1.29, 1.82) is 0 Å². The number of piperidine rings is 1. The Hall–Kier alpha value is -2.66. The SMILES string of the molecule is CC(C)(C)OC(=O)c1cccc2c1C1(CCNCC1)C(=O)N2Cc1ccccc1. The van der Waals surface area contributed by atoms with Crippen LogP contribution >= 0.6 is 0 Å². The Morgan fingerprint density at radius 1 is 1.07 bits per heavy atom. The van der Waals surface area contributed by atoms with Crippen molar-refractivity contribution in [3.8, 4) is 0 Å². The van der Waals surface area contributed by atoms with E-state index in [2.05, 4.69) is 5.32 Å². The van der Waals surface area contributed by atoms with Crippen LogP contribution in [0.5, 0.6) is 0 Å². The summed E-state index contributed by atoms with van der Waals surface area (Å²) in [6.45, 7) is 7.60. The van der Waals surface area contributed by atoms with Gasteiger partial charge in [0.15, 0.2) is 0 Å². The number of nitrogens with zero attached hydrogens (tertiary/aromatic N) is 1. The van der Waals surface area contributed by atoms with E-state index in [1.165, 1.54) is 0 Å². The van der Waals surface area contributed by atoms with E-state index in [0.717, 1.165) is 29.9 Å². The average molecular weight is 392 g/mol. The van der Waals surface area contributed by atoms with E-state index < -0.39 is 11.0 Å². The third-order valence-corrected chi connectivity index (χ3v) is 5.73. The maximum absolute atomic E-state index is 13.7. The van der Waals surface area contributed by atoms with Crippen molar-refractivity contribution in [3.05, 3.63) is 65.2 Å². The summed E-state index contributed by atoms with van der Waals surface area (Å²) in [5.74, 6) is -0.268. The Morgan fingerprint density at radius 3 is 2.41 bits per heavy atom. The number of hydrogen-bond donors (Lipinski definition) is 1. The first-order valence-corrected chi connectivity index (χ1v) is 10.3. The number of carbonyl (C=O) groups excluding carboxylic acids is 2. The van der Waals surface area contributed by atoms with Crippen LogP contribution < -0.4 is 10.2 Å². The van der Waals surface area contributed by atoms with Crippen LogP contribution in [-0.4, -0.2) is 30.6 Å². The molecule has 2 aromatic carbocycles.